The zero-order valence-corrected chi connectivity index (χ0v) is 23.1. The van der Waals surface area contributed by atoms with Gasteiger partial charge in [-0.2, -0.15) is 0 Å². The Bertz CT molecular complexity index is 1080. The maximum atomic E-state index is 13.5. The largest absolute Gasteiger partial charge is 0.407 e. The van der Waals surface area contributed by atoms with Crippen LogP contribution in [0.3, 0.4) is 0 Å². The molecule has 4 nitrogen and oxygen atoms in total. The Kier molecular flexibility index (Phi) is 7.91. The molecule has 178 valence electrons. The lowest BCUT2D eigenvalue weighted by atomic mass is 9.97. The fraction of sp³-hybridized carbons (Fsp3) is 0.480. The van der Waals surface area contributed by atoms with Crippen molar-refractivity contribution >= 4 is 48.5 Å². The lowest BCUT2D eigenvalue weighted by molar-refractivity contribution is 0.196. The zero-order valence-electron chi connectivity index (χ0n) is 20.5. The predicted octanol–water partition coefficient (Wildman–Crippen LogP) is 6.42. The van der Waals surface area contributed by atoms with Crippen molar-refractivity contribution in [2.24, 2.45) is 4.99 Å². The van der Waals surface area contributed by atoms with Crippen molar-refractivity contribution in [2.75, 3.05) is 20.6 Å². The van der Waals surface area contributed by atoms with E-state index in [-0.39, 0.29) is 16.2 Å². The van der Waals surface area contributed by atoms with E-state index in [1.165, 1.54) is 6.07 Å². The number of likely N-dealkylation sites (N-methyl/N-ethyl adjacent to an activating group) is 1. The first-order valence-corrected chi connectivity index (χ1v) is 14.8. The molecule has 0 amide bonds. The number of thiocarbonyl (C=S) groups is 1. The van der Waals surface area contributed by atoms with E-state index in [0.29, 0.717) is 18.7 Å². The quantitative estimate of drug-likeness (QED) is 0.236. The number of rotatable bonds is 8. The van der Waals surface area contributed by atoms with Crippen LogP contribution >= 0.6 is 23.8 Å². The van der Waals surface area contributed by atoms with Crippen molar-refractivity contribution in [3.8, 4) is 0 Å². The van der Waals surface area contributed by atoms with Crippen LogP contribution in [0.5, 0.6) is 0 Å². The molecule has 1 unspecified atom stereocenters. The fourth-order valence-corrected chi connectivity index (χ4v) is 5.40. The molecule has 0 radical (unpaired) electrons. The molecule has 33 heavy (non-hydrogen) atoms. The number of benzene rings is 1. The maximum Gasteiger partial charge on any atom is 0.193 e. The summed E-state index contributed by atoms with van der Waals surface area (Å²) >= 11 is 11.7. The Balaban J connectivity index is 1.85. The van der Waals surface area contributed by atoms with Gasteiger partial charge in [-0.1, -0.05) is 50.7 Å². The molecule has 0 spiro atoms. The molecule has 0 saturated heterocycles. The van der Waals surface area contributed by atoms with E-state index in [1.807, 2.05) is 6.07 Å². The minimum absolute atomic E-state index is 0.102. The first-order chi connectivity index (χ1) is 15.3. The van der Waals surface area contributed by atoms with E-state index in [4.69, 9.17) is 33.2 Å². The smallest absolute Gasteiger partial charge is 0.193 e. The molecule has 0 fully saturated rings. The first-order valence-electron chi connectivity index (χ1n) is 11.1. The van der Waals surface area contributed by atoms with Crippen molar-refractivity contribution < 1.29 is 8.82 Å². The van der Waals surface area contributed by atoms with Crippen molar-refractivity contribution in [2.45, 2.75) is 57.8 Å². The molecule has 1 atom stereocenters. The second kappa shape index (κ2) is 10.00. The van der Waals surface area contributed by atoms with Crippen molar-refractivity contribution in [3.63, 3.8) is 0 Å². The van der Waals surface area contributed by atoms with Crippen LogP contribution in [0.25, 0.3) is 0 Å². The van der Waals surface area contributed by atoms with Gasteiger partial charge in [0.1, 0.15) is 5.82 Å². The van der Waals surface area contributed by atoms with E-state index < -0.39 is 14.1 Å². The van der Waals surface area contributed by atoms with Gasteiger partial charge in [0.2, 0.25) is 0 Å². The minimum Gasteiger partial charge on any atom is -0.407 e. The summed E-state index contributed by atoms with van der Waals surface area (Å²) in [6.07, 6.45) is 2.81. The standard InChI is InChI=1S/C25H33ClFN3OSSi/c1-25(2,3)33(6,7)31-22(15-30(4)5)21-14-18-17(10-11-28-24(18)29-21)23(32)13-16-8-9-20(27)19(26)12-16/h8-12,22H,13-15H2,1-7H3. The predicted molar refractivity (Wildman–Crippen MR) is 142 cm³/mol. The van der Waals surface area contributed by atoms with Crippen LogP contribution in [0.4, 0.5) is 10.2 Å². The third kappa shape index (κ3) is 6.14. The molecule has 0 bridgehead atoms. The first kappa shape index (κ1) is 26.1. The summed E-state index contributed by atoms with van der Waals surface area (Å²) in [7, 11) is 2.11. The normalized spacial score (nSPS) is 14.9. The summed E-state index contributed by atoms with van der Waals surface area (Å²) in [4.78, 5) is 12.3. The molecule has 0 N–H and O–H groups in total. The van der Waals surface area contributed by atoms with E-state index in [2.05, 4.69) is 57.8 Å². The summed E-state index contributed by atoms with van der Waals surface area (Å²) in [6.45, 7) is 12.0. The van der Waals surface area contributed by atoms with Crippen molar-refractivity contribution in [1.82, 2.24) is 9.88 Å². The minimum atomic E-state index is -2.00. The third-order valence-electron chi connectivity index (χ3n) is 6.44. The van der Waals surface area contributed by atoms with Gasteiger partial charge in [-0.25, -0.2) is 14.4 Å². The molecule has 1 aromatic heterocycles. The van der Waals surface area contributed by atoms with Crippen LogP contribution in [-0.4, -0.2) is 55.5 Å². The number of hydrogen-bond donors (Lipinski definition) is 0. The van der Waals surface area contributed by atoms with E-state index in [0.717, 1.165) is 33.8 Å². The average Bonchev–Trinajstić information content (AvgIpc) is 3.13. The summed E-state index contributed by atoms with van der Waals surface area (Å²) in [5.74, 6) is 0.285. The highest BCUT2D eigenvalue weighted by Crippen LogP contribution is 2.38. The molecule has 8 heteroatoms. The van der Waals surface area contributed by atoms with E-state index >= 15 is 0 Å². The molecular weight excluding hydrogens is 473 g/mol. The number of pyridine rings is 1. The fourth-order valence-electron chi connectivity index (χ4n) is 3.56. The Morgan fingerprint density at radius 2 is 1.97 bits per heavy atom. The molecule has 0 aliphatic carbocycles. The molecule has 2 heterocycles. The van der Waals surface area contributed by atoms with Gasteiger partial charge in [0, 0.05) is 36.0 Å². The highest BCUT2D eigenvalue weighted by molar-refractivity contribution is 7.80. The Morgan fingerprint density at radius 3 is 2.58 bits per heavy atom. The molecule has 0 saturated carbocycles. The zero-order chi connectivity index (χ0) is 24.6. The molecule has 1 aromatic carbocycles. The number of aromatic nitrogens is 1. The lowest BCUT2D eigenvalue weighted by Crippen LogP contribution is -2.49. The van der Waals surface area contributed by atoms with Gasteiger partial charge in [0.15, 0.2) is 14.1 Å². The highest BCUT2D eigenvalue weighted by atomic mass is 35.5. The van der Waals surface area contributed by atoms with Crippen LogP contribution in [0.15, 0.2) is 35.5 Å². The van der Waals surface area contributed by atoms with Crippen LogP contribution in [0, 0.1) is 5.82 Å². The number of aliphatic imine (C=N–C) groups is 1. The Labute approximate surface area is 208 Å². The van der Waals surface area contributed by atoms with Gasteiger partial charge >= 0.3 is 0 Å². The summed E-state index contributed by atoms with van der Waals surface area (Å²) < 4.78 is 20.3. The number of fused-ring (bicyclic) bond motifs is 1. The lowest BCUT2D eigenvalue weighted by Gasteiger charge is -2.40. The molecule has 1 aliphatic heterocycles. The third-order valence-corrected chi connectivity index (χ3v) is 11.6. The summed E-state index contributed by atoms with van der Waals surface area (Å²) in [5.41, 5.74) is 3.87. The molecule has 2 aromatic rings. The second-order valence-electron chi connectivity index (χ2n) is 10.4. The van der Waals surface area contributed by atoms with Gasteiger partial charge in [-0.3, -0.25) is 0 Å². The van der Waals surface area contributed by atoms with E-state index in [1.54, 1.807) is 18.3 Å². The average molecular weight is 506 g/mol. The summed E-state index contributed by atoms with van der Waals surface area (Å²) in [5, 5.41) is 0.209. The maximum absolute atomic E-state index is 13.5. The van der Waals surface area contributed by atoms with Crippen LogP contribution in [0.2, 0.25) is 23.2 Å². The topological polar surface area (TPSA) is 37.7 Å². The van der Waals surface area contributed by atoms with E-state index in [9.17, 15) is 4.39 Å². The van der Waals surface area contributed by atoms with Gasteiger partial charge in [-0.05, 0) is 61.6 Å². The monoisotopic (exact) mass is 505 g/mol. The SMILES string of the molecule is CN(C)CC(O[Si](C)(C)C(C)(C)C)C1=Nc2nccc(C(=S)Cc3ccc(F)c(Cl)c3)c2C1. The van der Waals surface area contributed by atoms with Crippen LogP contribution in [0.1, 0.15) is 37.5 Å². The van der Waals surface area contributed by atoms with Gasteiger partial charge in [0.05, 0.1) is 16.8 Å². The molecule has 1 aliphatic rings. The number of hydrogen-bond acceptors (Lipinski definition) is 5. The van der Waals surface area contributed by atoms with Gasteiger partial charge in [0.25, 0.3) is 0 Å². The molecular formula is C25H33ClFN3OSSi. The second-order valence-corrected chi connectivity index (χ2v) is 16.1. The Morgan fingerprint density at radius 1 is 1.27 bits per heavy atom. The molecule has 3 rings (SSSR count). The Hall–Kier alpha value is -1.51. The van der Waals surface area contributed by atoms with Crippen LogP contribution in [-0.2, 0) is 17.3 Å². The number of nitrogens with zero attached hydrogens (tertiary/aromatic N) is 3. The van der Waals surface area contributed by atoms with Gasteiger partial charge in [-0.15, -0.1) is 0 Å². The summed E-state index contributed by atoms with van der Waals surface area (Å²) in [6, 6.07) is 6.67. The van der Waals surface area contributed by atoms with Crippen LogP contribution < -0.4 is 0 Å². The van der Waals surface area contributed by atoms with Crippen molar-refractivity contribution in [1.29, 1.82) is 0 Å². The van der Waals surface area contributed by atoms with Gasteiger partial charge < -0.3 is 9.33 Å². The highest BCUT2D eigenvalue weighted by Gasteiger charge is 2.41. The number of halogens is 2. The van der Waals surface area contributed by atoms with Crippen molar-refractivity contribution in [3.05, 3.63) is 58.0 Å².